The van der Waals surface area contributed by atoms with E-state index < -0.39 is 0 Å². The van der Waals surface area contributed by atoms with E-state index in [4.69, 9.17) is 9.47 Å². The van der Waals surface area contributed by atoms with Crippen LogP contribution in [0.3, 0.4) is 0 Å². The molecule has 3 aromatic rings. The maximum atomic E-state index is 12.6. The van der Waals surface area contributed by atoms with Gasteiger partial charge in [-0.15, -0.1) is 6.58 Å². The van der Waals surface area contributed by atoms with E-state index in [1.54, 1.807) is 12.1 Å². The van der Waals surface area contributed by atoms with E-state index in [1.807, 2.05) is 42.5 Å². The van der Waals surface area contributed by atoms with E-state index in [9.17, 15) is 4.79 Å². The van der Waals surface area contributed by atoms with Crippen LogP contribution < -0.4 is 9.47 Å². The SMILES string of the molecule is C=CCCCCCOc1ccc(OC(=O)c2ccc(-c3ccc(CCCCC)cc3)cc2)cc1. The van der Waals surface area contributed by atoms with Crippen LogP contribution in [-0.2, 0) is 6.42 Å². The molecule has 0 saturated carbocycles. The van der Waals surface area contributed by atoms with Gasteiger partial charge >= 0.3 is 5.97 Å². The van der Waals surface area contributed by atoms with Crippen molar-refractivity contribution < 1.29 is 14.3 Å². The molecule has 3 aromatic carbocycles. The first-order valence-electron chi connectivity index (χ1n) is 12.4. The third kappa shape index (κ3) is 8.22. The molecule has 0 spiro atoms. The highest BCUT2D eigenvalue weighted by Crippen LogP contribution is 2.23. The van der Waals surface area contributed by atoms with Gasteiger partial charge in [-0.3, -0.25) is 0 Å². The van der Waals surface area contributed by atoms with Gasteiger partial charge in [0.1, 0.15) is 11.5 Å². The van der Waals surface area contributed by atoms with Gasteiger partial charge in [0.2, 0.25) is 0 Å². The highest BCUT2D eigenvalue weighted by molar-refractivity contribution is 5.91. The standard InChI is InChI=1S/C31H36O3/c1-3-5-7-8-10-24-33-29-20-22-30(23-21-29)34-31(32)28-18-16-27(17-19-28)26-14-12-25(13-15-26)11-9-6-4-2/h3,12-23H,1,4-11,24H2,2H3. The number of hydrogen-bond donors (Lipinski definition) is 0. The summed E-state index contributed by atoms with van der Waals surface area (Å²) in [6.07, 6.45) is 11.2. The van der Waals surface area contributed by atoms with Gasteiger partial charge < -0.3 is 9.47 Å². The van der Waals surface area contributed by atoms with Crippen LogP contribution in [0.15, 0.2) is 85.5 Å². The smallest absolute Gasteiger partial charge is 0.343 e. The first kappa shape index (κ1) is 25.3. The van der Waals surface area contributed by atoms with E-state index in [-0.39, 0.29) is 5.97 Å². The highest BCUT2D eigenvalue weighted by Gasteiger charge is 2.09. The molecule has 0 heterocycles. The van der Waals surface area contributed by atoms with Crippen molar-refractivity contribution in [1.29, 1.82) is 0 Å². The molecule has 0 amide bonds. The summed E-state index contributed by atoms with van der Waals surface area (Å²) in [5.74, 6) is 0.920. The molecule has 3 rings (SSSR count). The molecule has 0 saturated heterocycles. The van der Waals surface area contributed by atoms with Crippen molar-refractivity contribution in [3.05, 3.63) is 96.6 Å². The van der Waals surface area contributed by atoms with Crippen LogP contribution in [0, 0.1) is 0 Å². The molecule has 0 aliphatic carbocycles. The normalized spacial score (nSPS) is 10.6. The van der Waals surface area contributed by atoms with Gasteiger partial charge in [0, 0.05) is 0 Å². The van der Waals surface area contributed by atoms with Crippen molar-refractivity contribution >= 4 is 5.97 Å². The molecule has 0 unspecified atom stereocenters. The molecule has 0 fully saturated rings. The lowest BCUT2D eigenvalue weighted by Gasteiger charge is -2.09. The lowest BCUT2D eigenvalue weighted by atomic mass is 10.0. The van der Waals surface area contributed by atoms with Crippen LogP contribution in [0.1, 0.15) is 67.8 Å². The number of unbranched alkanes of at least 4 members (excludes halogenated alkanes) is 5. The lowest BCUT2D eigenvalue weighted by molar-refractivity contribution is 0.0734. The van der Waals surface area contributed by atoms with Crippen LogP contribution in [0.4, 0.5) is 0 Å². The molecule has 0 radical (unpaired) electrons. The summed E-state index contributed by atoms with van der Waals surface area (Å²) >= 11 is 0. The molecule has 3 nitrogen and oxygen atoms in total. The number of hydrogen-bond acceptors (Lipinski definition) is 3. The van der Waals surface area contributed by atoms with Gasteiger partial charge in [0.05, 0.1) is 12.2 Å². The molecule has 0 N–H and O–H groups in total. The summed E-state index contributed by atoms with van der Waals surface area (Å²) in [4.78, 5) is 12.6. The maximum Gasteiger partial charge on any atom is 0.343 e. The summed E-state index contributed by atoms with van der Waals surface area (Å²) in [6, 6.07) is 23.5. The molecule has 0 aliphatic heterocycles. The second kappa shape index (κ2) is 14.0. The number of allylic oxidation sites excluding steroid dienone is 1. The first-order chi connectivity index (χ1) is 16.7. The Kier molecular flexibility index (Phi) is 10.4. The second-order valence-corrected chi connectivity index (χ2v) is 8.58. The fourth-order valence-corrected chi connectivity index (χ4v) is 3.77. The molecular weight excluding hydrogens is 420 g/mol. The van der Waals surface area contributed by atoms with Gasteiger partial charge in [-0.25, -0.2) is 4.79 Å². The zero-order chi connectivity index (χ0) is 24.0. The minimum atomic E-state index is -0.367. The van der Waals surface area contributed by atoms with E-state index in [1.165, 1.54) is 24.8 Å². The van der Waals surface area contributed by atoms with Gasteiger partial charge in [0.15, 0.2) is 0 Å². The minimum Gasteiger partial charge on any atom is -0.494 e. The molecule has 34 heavy (non-hydrogen) atoms. The Balaban J connectivity index is 1.48. The van der Waals surface area contributed by atoms with Gasteiger partial charge in [-0.2, -0.15) is 0 Å². The van der Waals surface area contributed by atoms with E-state index in [0.29, 0.717) is 17.9 Å². The van der Waals surface area contributed by atoms with Gasteiger partial charge in [0.25, 0.3) is 0 Å². The van der Waals surface area contributed by atoms with Crippen molar-refractivity contribution in [2.75, 3.05) is 6.61 Å². The minimum absolute atomic E-state index is 0.367. The molecule has 0 atom stereocenters. The third-order valence-electron chi connectivity index (χ3n) is 5.83. The Labute approximate surface area is 204 Å². The number of carbonyl (C=O) groups is 1. The summed E-state index contributed by atoms with van der Waals surface area (Å²) < 4.78 is 11.3. The fraction of sp³-hybridized carbons (Fsp3) is 0.323. The number of carbonyl (C=O) groups excluding carboxylic acids is 1. The average Bonchev–Trinajstić information content (AvgIpc) is 2.88. The molecule has 0 bridgehead atoms. The summed E-state index contributed by atoms with van der Waals surface area (Å²) in [6.45, 7) is 6.65. The largest absolute Gasteiger partial charge is 0.494 e. The van der Waals surface area contributed by atoms with Crippen LogP contribution >= 0.6 is 0 Å². The number of aryl methyl sites for hydroxylation is 1. The number of benzene rings is 3. The summed E-state index contributed by atoms with van der Waals surface area (Å²) in [7, 11) is 0. The number of esters is 1. The van der Waals surface area contributed by atoms with Crippen LogP contribution in [0.25, 0.3) is 11.1 Å². The van der Waals surface area contributed by atoms with Crippen LogP contribution in [0.5, 0.6) is 11.5 Å². The van der Waals surface area contributed by atoms with E-state index >= 15 is 0 Å². The van der Waals surface area contributed by atoms with E-state index in [0.717, 1.165) is 49.0 Å². The second-order valence-electron chi connectivity index (χ2n) is 8.58. The van der Waals surface area contributed by atoms with Crippen molar-refractivity contribution in [3.8, 4) is 22.6 Å². The topological polar surface area (TPSA) is 35.5 Å². The zero-order valence-corrected chi connectivity index (χ0v) is 20.3. The Morgan fingerprint density at radius 3 is 2.06 bits per heavy atom. The Morgan fingerprint density at radius 1 is 0.765 bits per heavy atom. The van der Waals surface area contributed by atoms with Crippen molar-refractivity contribution in [2.24, 2.45) is 0 Å². The van der Waals surface area contributed by atoms with E-state index in [2.05, 4.69) is 37.8 Å². The lowest BCUT2D eigenvalue weighted by Crippen LogP contribution is -2.08. The van der Waals surface area contributed by atoms with Gasteiger partial charge in [-0.1, -0.05) is 62.2 Å². The van der Waals surface area contributed by atoms with Crippen LogP contribution in [0.2, 0.25) is 0 Å². The summed E-state index contributed by atoms with van der Waals surface area (Å²) in [5.41, 5.74) is 4.13. The monoisotopic (exact) mass is 456 g/mol. The van der Waals surface area contributed by atoms with Crippen molar-refractivity contribution in [2.45, 2.75) is 58.3 Å². The first-order valence-corrected chi connectivity index (χ1v) is 12.4. The average molecular weight is 457 g/mol. The fourth-order valence-electron chi connectivity index (χ4n) is 3.77. The quantitative estimate of drug-likeness (QED) is 0.106. The Morgan fingerprint density at radius 2 is 1.41 bits per heavy atom. The predicted molar refractivity (Wildman–Crippen MR) is 141 cm³/mol. The third-order valence-corrected chi connectivity index (χ3v) is 5.83. The number of ether oxygens (including phenoxy) is 2. The number of rotatable bonds is 14. The predicted octanol–water partition coefficient (Wildman–Crippen LogP) is 8.43. The molecular formula is C31H36O3. The highest BCUT2D eigenvalue weighted by atomic mass is 16.5. The van der Waals surface area contributed by atoms with Crippen molar-refractivity contribution in [3.63, 3.8) is 0 Å². The molecule has 0 aliphatic rings. The van der Waals surface area contributed by atoms with Crippen molar-refractivity contribution in [1.82, 2.24) is 0 Å². The van der Waals surface area contributed by atoms with Crippen LogP contribution in [-0.4, -0.2) is 12.6 Å². The molecule has 178 valence electrons. The molecule has 0 aromatic heterocycles. The summed E-state index contributed by atoms with van der Waals surface area (Å²) in [5, 5.41) is 0. The molecule has 3 heteroatoms. The maximum absolute atomic E-state index is 12.6. The zero-order valence-electron chi connectivity index (χ0n) is 20.3. The Bertz CT molecular complexity index is 1000. The van der Waals surface area contributed by atoms with Gasteiger partial charge in [-0.05, 0) is 91.6 Å². The Hall–Kier alpha value is -3.33.